The average molecular weight is 270 g/mol. The van der Waals surface area contributed by atoms with Crippen molar-refractivity contribution in [3.63, 3.8) is 0 Å². The fraction of sp³-hybridized carbons (Fsp3) is 0.417. The molecule has 0 atom stereocenters. The molecule has 5 nitrogen and oxygen atoms in total. The molecule has 0 saturated heterocycles. The number of rotatable bonds is 5. The fourth-order valence-corrected chi connectivity index (χ4v) is 1.92. The first-order valence-electron chi connectivity index (χ1n) is 5.70. The first-order chi connectivity index (χ1) is 8.31. The summed E-state index contributed by atoms with van der Waals surface area (Å²) >= 11 is 0. The molecule has 3 N–H and O–H groups in total. The van der Waals surface area contributed by atoms with Gasteiger partial charge in [0.1, 0.15) is 0 Å². The van der Waals surface area contributed by atoms with Crippen molar-refractivity contribution in [1.82, 2.24) is 4.72 Å². The number of anilines is 1. The Kier molecular flexibility index (Phi) is 4.72. The van der Waals surface area contributed by atoms with Crippen LogP contribution in [0.2, 0.25) is 0 Å². The summed E-state index contributed by atoms with van der Waals surface area (Å²) in [5.74, 6) is -0.486. The van der Waals surface area contributed by atoms with Crippen molar-refractivity contribution in [2.75, 3.05) is 5.73 Å². The largest absolute Gasteiger partial charge is 0.399 e. The lowest BCUT2D eigenvalue weighted by Gasteiger charge is -2.09. The highest BCUT2D eigenvalue weighted by molar-refractivity contribution is 7.90. The van der Waals surface area contributed by atoms with Crippen LogP contribution in [0.3, 0.4) is 0 Å². The third-order valence-corrected chi connectivity index (χ3v) is 4.25. The van der Waals surface area contributed by atoms with E-state index in [0.717, 1.165) is 5.56 Å². The summed E-state index contributed by atoms with van der Waals surface area (Å²) in [6.45, 7) is 3.05. The Morgan fingerprint density at radius 3 is 2.33 bits per heavy atom. The molecule has 1 amide bonds. The Morgan fingerprint density at radius 1 is 1.28 bits per heavy atom. The standard InChI is InChI=1S/C12H18N2O3S/c1-9(2)18(16,17)14-12(15)8-5-10-3-6-11(13)7-4-10/h3-4,6-7,9H,5,8,13H2,1-2H3,(H,14,15). The maximum absolute atomic E-state index is 11.5. The van der Waals surface area contributed by atoms with Gasteiger partial charge in [-0.1, -0.05) is 12.1 Å². The summed E-state index contributed by atoms with van der Waals surface area (Å²) in [5.41, 5.74) is 7.14. The van der Waals surface area contributed by atoms with Gasteiger partial charge in [-0.25, -0.2) is 8.42 Å². The van der Waals surface area contributed by atoms with E-state index < -0.39 is 21.2 Å². The predicted octanol–water partition coefficient (Wildman–Crippen LogP) is 1.06. The van der Waals surface area contributed by atoms with E-state index in [1.807, 2.05) is 16.9 Å². The molecule has 0 aliphatic heterocycles. The average Bonchev–Trinajstić information content (AvgIpc) is 2.27. The second-order valence-corrected chi connectivity index (χ2v) is 6.60. The van der Waals surface area contributed by atoms with E-state index in [9.17, 15) is 13.2 Å². The Labute approximate surface area is 107 Å². The van der Waals surface area contributed by atoms with Crippen LogP contribution >= 0.6 is 0 Å². The number of carbonyl (C=O) groups excluding carboxylic acids is 1. The van der Waals surface area contributed by atoms with Gasteiger partial charge in [0.2, 0.25) is 15.9 Å². The number of amides is 1. The topological polar surface area (TPSA) is 89.3 Å². The van der Waals surface area contributed by atoms with E-state index in [0.29, 0.717) is 12.1 Å². The molecule has 0 heterocycles. The van der Waals surface area contributed by atoms with Gasteiger partial charge in [0.25, 0.3) is 0 Å². The van der Waals surface area contributed by atoms with Crippen LogP contribution in [0.25, 0.3) is 0 Å². The van der Waals surface area contributed by atoms with Crippen LogP contribution < -0.4 is 10.5 Å². The molecule has 6 heteroatoms. The minimum atomic E-state index is -3.53. The number of nitrogen functional groups attached to an aromatic ring is 1. The molecule has 0 radical (unpaired) electrons. The van der Waals surface area contributed by atoms with E-state index in [-0.39, 0.29) is 6.42 Å². The van der Waals surface area contributed by atoms with Crippen molar-refractivity contribution in [3.05, 3.63) is 29.8 Å². The minimum absolute atomic E-state index is 0.135. The van der Waals surface area contributed by atoms with Crippen molar-refractivity contribution in [2.45, 2.75) is 31.9 Å². The molecule has 0 aromatic heterocycles. The highest BCUT2D eigenvalue weighted by Crippen LogP contribution is 2.08. The summed E-state index contributed by atoms with van der Waals surface area (Å²) in [5, 5.41) is -0.613. The monoisotopic (exact) mass is 270 g/mol. The number of hydrogen-bond donors (Lipinski definition) is 2. The van der Waals surface area contributed by atoms with Crippen LogP contribution in [0.1, 0.15) is 25.8 Å². The number of carbonyl (C=O) groups is 1. The molecule has 0 bridgehead atoms. The number of aryl methyl sites for hydroxylation is 1. The molecule has 1 rings (SSSR count). The normalized spacial score (nSPS) is 11.5. The molecule has 1 aromatic rings. The number of nitrogens with two attached hydrogens (primary N) is 1. The molecular weight excluding hydrogens is 252 g/mol. The lowest BCUT2D eigenvalue weighted by atomic mass is 10.1. The Morgan fingerprint density at radius 2 is 1.83 bits per heavy atom. The SMILES string of the molecule is CC(C)S(=O)(=O)NC(=O)CCc1ccc(N)cc1. The van der Waals surface area contributed by atoms with Gasteiger partial charge in [0.05, 0.1) is 5.25 Å². The molecule has 0 aliphatic carbocycles. The summed E-state index contributed by atoms with van der Waals surface area (Å²) in [6, 6.07) is 7.13. The molecule has 100 valence electrons. The Balaban J connectivity index is 2.50. The first-order valence-corrected chi connectivity index (χ1v) is 7.25. The Hall–Kier alpha value is -1.56. The summed E-state index contributed by atoms with van der Waals surface area (Å²) < 4.78 is 24.9. The molecule has 0 spiro atoms. The molecule has 0 unspecified atom stereocenters. The lowest BCUT2D eigenvalue weighted by molar-refractivity contribution is -0.119. The fourth-order valence-electron chi connectivity index (χ4n) is 1.27. The zero-order valence-electron chi connectivity index (χ0n) is 10.5. The summed E-state index contributed by atoms with van der Waals surface area (Å²) in [6.07, 6.45) is 0.621. The van der Waals surface area contributed by atoms with Crippen LogP contribution in [0.5, 0.6) is 0 Å². The van der Waals surface area contributed by atoms with Gasteiger partial charge in [0.15, 0.2) is 0 Å². The van der Waals surface area contributed by atoms with Crippen molar-refractivity contribution < 1.29 is 13.2 Å². The van der Waals surface area contributed by atoms with Crippen molar-refractivity contribution in [1.29, 1.82) is 0 Å². The van der Waals surface area contributed by atoms with E-state index in [1.54, 1.807) is 12.1 Å². The highest BCUT2D eigenvalue weighted by Gasteiger charge is 2.18. The summed E-state index contributed by atoms with van der Waals surface area (Å²) in [4.78, 5) is 11.5. The highest BCUT2D eigenvalue weighted by atomic mass is 32.2. The van der Waals surface area contributed by atoms with E-state index in [4.69, 9.17) is 5.73 Å². The molecule has 18 heavy (non-hydrogen) atoms. The second kappa shape index (κ2) is 5.86. The Bertz CT molecular complexity index is 507. The van der Waals surface area contributed by atoms with Crippen LogP contribution in [0.15, 0.2) is 24.3 Å². The quantitative estimate of drug-likeness (QED) is 0.783. The van der Waals surface area contributed by atoms with E-state index >= 15 is 0 Å². The maximum Gasteiger partial charge on any atom is 0.237 e. The van der Waals surface area contributed by atoms with Gasteiger partial charge >= 0.3 is 0 Å². The zero-order valence-corrected chi connectivity index (χ0v) is 11.3. The van der Waals surface area contributed by atoms with Crippen LogP contribution in [0, 0.1) is 0 Å². The summed E-state index contributed by atoms with van der Waals surface area (Å²) in [7, 11) is -3.53. The van der Waals surface area contributed by atoms with Gasteiger partial charge in [-0.15, -0.1) is 0 Å². The smallest absolute Gasteiger partial charge is 0.237 e. The number of hydrogen-bond acceptors (Lipinski definition) is 4. The third-order valence-electron chi connectivity index (χ3n) is 2.50. The first kappa shape index (κ1) is 14.5. The lowest BCUT2D eigenvalue weighted by Crippen LogP contribution is -2.35. The van der Waals surface area contributed by atoms with Gasteiger partial charge in [-0.3, -0.25) is 9.52 Å². The number of sulfonamides is 1. The van der Waals surface area contributed by atoms with Crippen LogP contribution in [-0.4, -0.2) is 19.6 Å². The van der Waals surface area contributed by atoms with Gasteiger partial charge in [0, 0.05) is 12.1 Å². The maximum atomic E-state index is 11.5. The number of benzene rings is 1. The molecule has 0 saturated carbocycles. The van der Waals surface area contributed by atoms with E-state index in [2.05, 4.69) is 0 Å². The molecular formula is C12H18N2O3S. The molecule has 0 aliphatic rings. The van der Waals surface area contributed by atoms with Gasteiger partial charge in [-0.2, -0.15) is 0 Å². The second-order valence-electron chi connectivity index (χ2n) is 4.36. The third kappa shape index (κ3) is 4.37. The molecule has 0 fully saturated rings. The van der Waals surface area contributed by atoms with Crippen molar-refractivity contribution >= 4 is 21.6 Å². The van der Waals surface area contributed by atoms with Crippen molar-refractivity contribution in [3.8, 4) is 0 Å². The van der Waals surface area contributed by atoms with Crippen LogP contribution in [0.4, 0.5) is 5.69 Å². The van der Waals surface area contributed by atoms with Gasteiger partial charge in [-0.05, 0) is 38.0 Å². The minimum Gasteiger partial charge on any atom is -0.399 e. The van der Waals surface area contributed by atoms with Gasteiger partial charge < -0.3 is 5.73 Å². The zero-order chi connectivity index (χ0) is 13.8. The van der Waals surface area contributed by atoms with E-state index in [1.165, 1.54) is 13.8 Å². The van der Waals surface area contributed by atoms with Crippen LogP contribution in [-0.2, 0) is 21.2 Å². The van der Waals surface area contributed by atoms with Crippen molar-refractivity contribution in [2.24, 2.45) is 0 Å². The molecule has 1 aromatic carbocycles. The predicted molar refractivity (Wildman–Crippen MR) is 71.4 cm³/mol. The number of nitrogens with one attached hydrogen (secondary N) is 1.